The third-order valence-electron chi connectivity index (χ3n) is 4.81. The number of rotatable bonds is 7. The standard InChI is InChI=1S/C21H25ClFN3O2/c22-18-5-1-16(2-6-18)9-10-24-21(27)25-15-20(26-11-13-28-14-12-26)17-3-7-19(23)8-4-17/h1-8,20H,9-15H2,(H2,24,25,27). The topological polar surface area (TPSA) is 53.6 Å². The highest BCUT2D eigenvalue weighted by atomic mass is 35.5. The van der Waals surface area contributed by atoms with Gasteiger partial charge in [-0.15, -0.1) is 0 Å². The van der Waals surface area contributed by atoms with Crippen molar-refractivity contribution < 1.29 is 13.9 Å². The Labute approximate surface area is 169 Å². The first-order valence-corrected chi connectivity index (χ1v) is 9.83. The molecule has 2 aromatic carbocycles. The molecule has 1 saturated heterocycles. The van der Waals surface area contributed by atoms with Gasteiger partial charge in [0.15, 0.2) is 0 Å². The van der Waals surface area contributed by atoms with Gasteiger partial charge in [0.25, 0.3) is 0 Å². The molecule has 1 heterocycles. The van der Waals surface area contributed by atoms with Crippen LogP contribution in [-0.2, 0) is 11.2 Å². The third kappa shape index (κ3) is 6.19. The quantitative estimate of drug-likeness (QED) is 0.742. The summed E-state index contributed by atoms with van der Waals surface area (Å²) in [5.41, 5.74) is 2.09. The van der Waals surface area contributed by atoms with Crippen LogP contribution in [0.5, 0.6) is 0 Å². The summed E-state index contributed by atoms with van der Waals surface area (Å²) in [6, 6.07) is 13.8. The Morgan fingerprint density at radius 1 is 1.07 bits per heavy atom. The van der Waals surface area contributed by atoms with Crippen molar-refractivity contribution in [3.63, 3.8) is 0 Å². The Balaban J connectivity index is 1.51. The molecule has 0 aliphatic carbocycles. The number of amides is 2. The molecule has 3 rings (SSSR count). The molecule has 28 heavy (non-hydrogen) atoms. The van der Waals surface area contributed by atoms with Crippen LogP contribution in [0.4, 0.5) is 9.18 Å². The minimum Gasteiger partial charge on any atom is -0.379 e. The van der Waals surface area contributed by atoms with Crippen molar-refractivity contribution in [3.8, 4) is 0 Å². The average molecular weight is 406 g/mol. The summed E-state index contributed by atoms with van der Waals surface area (Å²) in [6.45, 7) is 3.85. The number of morpholine rings is 1. The monoisotopic (exact) mass is 405 g/mol. The molecule has 7 heteroatoms. The maximum atomic E-state index is 13.3. The number of hydrogen-bond donors (Lipinski definition) is 2. The van der Waals surface area contributed by atoms with Gasteiger partial charge in [0.2, 0.25) is 0 Å². The molecule has 5 nitrogen and oxygen atoms in total. The van der Waals surface area contributed by atoms with E-state index in [4.69, 9.17) is 16.3 Å². The van der Waals surface area contributed by atoms with E-state index in [1.165, 1.54) is 12.1 Å². The zero-order chi connectivity index (χ0) is 19.8. The van der Waals surface area contributed by atoms with Crippen LogP contribution in [0.2, 0.25) is 5.02 Å². The predicted octanol–water partition coefficient (Wildman–Crippen LogP) is 3.39. The van der Waals surface area contributed by atoms with Crippen LogP contribution in [0.3, 0.4) is 0 Å². The summed E-state index contributed by atoms with van der Waals surface area (Å²) in [4.78, 5) is 14.5. The Morgan fingerprint density at radius 3 is 2.43 bits per heavy atom. The second-order valence-corrected chi connectivity index (χ2v) is 7.17. The van der Waals surface area contributed by atoms with E-state index in [0.29, 0.717) is 31.3 Å². The Kier molecular flexibility index (Phi) is 7.65. The zero-order valence-corrected chi connectivity index (χ0v) is 16.4. The maximum Gasteiger partial charge on any atom is 0.314 e. The number of carbonyl (C=O) groups excluding carboxylic acids is 1. The minimum absolute atomic E-state index is 0.0217. The summed E-state index contributed by atoms with van der Waals surface area (Å²) < 4.78 is 18.7. The molecular weight excluding hydrogens is 381 g/mol. The van der Waals surface area contributed by atoms with Crippen molar-refractivity contribution in [1.29, 1.82) is 0 Å². The molecule has 0 aromatic heterocycles. The van der Waals surface area contributed by atoms with Gasteiger partial charge >= 0.3 is 6.03 Å². The fraction of sp³-hybridized carbons (Fsp3) is 0.381. The number of ether oxygens (including phenoxy) is 1. The van der Waals surface area contributed by atoms with Crippen LogP contribution < -0.4 is 10.6 Å². The van der Waals surface area contributed by atoms with E-state index in [-0.39, 0.29) is 17.9 Å². The first-order chi connectivity index (χ1) is 13.6. The number of nitrogens with zero attached hydrogens (tertiary/aromatic N) is 1. The second-order valence-electron chi connectivity index (χ2n) is 6.73. The van der Waals surface area contributed by atoms with Gasteiger partial charge in [-0.25, -0.2) is 9.18 Å². The van der Waals surface area contributed by atoms with E-state index < -0.39 is 0 Å². The normalized spacial score (nSPS) is 15.8. The average Bonchev–Trinajstić information content (AvgIpc) is 2.72. The molecule has 0 radical (unpaired) electrons. The van der Waals surface area contributed by atoms with Gasteiger partial charge in [0.1, 0.15) is 5.82 Å². The lowest BCUT2D eigenvalue weighted by atomic mass is 10.0. The fourth-order valence-corrected chi connectivity index (χ4v) is 3.38. The summed E-state index contributed by atoms with van der Waals surface area (Å²) in [7, 11) is 0. The van der Waals surface area contributed by atoms with Gasteiger partial charge in [-0.3, -0.25) is 4.90 Å². The molecule has 2 N–H and O–H groups in total. The van der Waals surface area contributed by atoms with Gasteiger partial charge in [-0.2, -0.15) is 0 Å². The summed E-state index contributed by atoms with van der Waals surface area (Å²) in [5, 5.41) is 6.52. The van der Waals surface area contributed by atoms with Crippen LogP contribution in [0, 0.1) is 5.82 Å². The van der Waals surface area contributed by atoms with Crippen LogP contribution in [-0.4, -0.2) is 50.3 Å². The Bertz CT molecular complexity index is 749. The lowest BCUT2D eigenvalue weighted by Crippen LogP contribution is -2.46. The summed E-state index contributed by atoms with van der Waals surface area (Å²) >= 11 is 5.88. The largest absolute Gasteiger partial charge is 0.379 e. The molecule has 1 unspecified atom stereocenters. The Morgan fingerprint density at radius 2 is 1.75 bits per heavy atom. The number of benzene rings is 2. The molecule has 1 aliphatic rings. The van der Waals surface area contributed by atoms with E-state index in [9.17, 15) is 9.18 Å². The van der Waals surface area contributed by atoms with Gasteiger partial charge in [0.05, 0.1) is 19.3 Å². The number of carbonyl (C=O) groups is 1. The molecule has 2 aromatic rings. The minimum atomic E-state index is -0.266. The van der Waals surface area contributed by atoms with Crippen LogP contribution in [0.25, 0.3) is 0 Å². The van der Waals surface area contributed by atoms with E-state index in [2.05, 4.69) is 15.5 Å². The van der Waals surface area contributed by atoms with Crippen molar-refractivity contribution in [2.75, 3.05) is 39.4 Å². The number of halogens is 2. The van der Waals surface area contributed by atoms with E-state index in [1.807, 2.05) is 24.3 Å². The van der Waals surface area contributed by atoms with E-state index >= 15 is 0 Å². The molecule has 2 amide bonds. The molecule has 1 aliphatic heterocycles. The number of urea groups is 1. The predicted molar refractivity (Wildman–Crippen MR) is 108 cm³/mol. The van der Waals surface area contributed by atoms with Gasteiger partial charge in [0, 0.05) is 31.2 Å². The van der Waals surface area contributed by atoms with Gasteiger partial charge in [-0.1, -0.05) is 35.9 Å². The number of hydrogen-bond acceptors (Lipinski definition) is 3. The van der Waals surface area contributed by atoms with E-state index in [0.717, 1.165) is 30.6 Å². The molecule has 1 atom stereocenters. The molecule has 0 bridgehead atoms. The van der Waals surface area contributed by atoms with Crippen molar-refractivity contribution in [1.82, 2.24) is 15.5 Å². The summed E-state index contributed by atoms with van der Waals surface area (Å²) in [5.74, 6) is -0.266. The first kappa shape index (κ1) is 20.6. The maximum absolute atomic E-state index is 13.3. The SMILES string of the molecule is O=C(NCCc1ccc(Cl)cc1)NCC(c1ccc(F)cc1)N1CCOCC1. The zero-order valence-electron chi connectivity index (χ0n) is 15.7. The van der Waals surface area contributed by atoms with Gasteiger partial charge in [-0.05, 0) is 41.8 Å². The fourth-order valence-electron chi connectivity index (χ4n) is 3.26. The van der Waals surface area contributed by atoms with Crippen molar-refractivity contribution in [2.24, 2.45) is 0 Å². The molecular formula is C21H25ClFN3O2. The summed E-state index contributed by atoms with van der Waals surface area (Å²) in [6.07, 6.45) is 0.732. The van der Waals surface area contributed by atoms with Crippen molar-refractivity contribution >= 4 is 17.6 Å². The van der Waals surface area contributed by atoms with Crippen LogP contribution in [0.1, 0.15) is 17.2 Å². The highest BCUT2D eigenvalue weighted by molar-refractivity contribution is 6.30. The van der Waals surface area contributed by atoms with Crippen molar-refractivity contribution in [2.45, 2.75) is 12.5 Å². The van der Waals surface area contributed by atoms with Gasteiger partial charge < -0.3 is 15.4 Å². The third-order valence-corrected chi connectivity index (χ3v) is 5.06. The molecule has 0 saturated carbocycles. The molecule has 0 spiro atoms. The lowest BCUT2D eigenvalue weighted by molar-refractivity contribution is 0.0167. The van der Waals surface area contributed by atoms with Crippen LogP contribution in [0.15, 0.2) is 48.5 Å². The number of nitrogens with one attached hydrogen (secondary N) is 2. The first-order valence-electron chi connectivity index (χ1n) is 9.45. The smallest absolute Gasteiger partial charge is 0.314 e. The lowest BCUT2D eigenvalue weighted by Gasteiger charge is -2.35. The van der Waals surface area contributed by atoms with Crippen LogP contribution >= 0.6 is 11.6 Å². The molecule has 150 valence electrons. The Hall–Kier alpha value is -2.15. The molecule has 1 fully saturated rings. The van der Waals surface area contributed by atoms with Crippen molar-refractivity contribution in [3.05, 3.63) is 70.5 Å². The highest BCUT2D eigenvalue weighted by Gasteiger charge is 2.23. The highest BCUT2D eigenvalue weighted by Crippen LogP contribution is 2.21. The second kappa shape index (κ2) is 10.4. The van der Waals surface area contributed by atoms with E-state index in [1.54, 1.807) is 12.1 Å².